The Hall–Kier alpha value is -1.32. The highest BCUT2D eigenvalue weighted by Crippen LogP contribution is 2.18. The summed E-state index contributed by atoms with van der Waals surface area (Å²) in [7, 11) is 0. The van der Waals surface area contributed by atoms with Gasteiger partial charge in [-0.3, -0.25) is 9.59 Å². The second kappa shape index (κ2) is 7.97. The Morgan fingerprint density at radius 2 is 2.05 bits per heavy atom. The molecular formula is C15H26N2O2. The van der Waals surface area contributed by atoms with Gasteiger partial charge in [0.2, 0.25) is 11.8 Å². The van der Waals surface area contributed by atoms with Gasteiger partial charge in [-0.1, -0.05) is 26.0 Å². The van der Waals surface area contributed by atoms with Gasteiger partial charge in [-0.05, 0) is 32.1 Å². The third-order valence-corrected chi connectivity index (χ3v) is 3.60. The van der Waals surface area contributed by atoms with Crippen LogP contribution < -0.4 is 5.32 Å². The molecule has 1 atom stereocenters. The van der Waals surface area contributed by atoms with Crippen LogP contribution in [-0.4, -0.2) is 35.8 Å². The molecule has 1 N–H and O–H groups in total. The van der Waals surface area contributed by atoms with E-state index in [1.54, 1.807) is 4.90 Å². The lowest BCUT2D eigenvalue weighted by molar-refractivity contribution is -0.142. The molecule has 0 aromatic rings. The van der Waals surface area contributed by atoms with Crippen molar-refractivity contribution in [3.8, 4) is 0 Å². The summed E-state index contributed by atoms with van der Waals surface area (Å²) >= 11 is 0. The number of hydrogen-bond donors (Lipinski definition) is 1. The van der Waals surface area contributed by atoms with Gasteiger partial charge in [0.1, 0.15) is 6.04 Å². The molecule has 0 aromatic heterocycles. The van der Waals surface area contributed by atoms with E-state index >= 15 is 0 Å². The first-order valence-corrected chi connectivity index (χ1v) is 7.34. The third kappa shape index (κ3) is 4.69. The molecule has 108 valence electrons. The Morgan fingerprint density at radius 3 is 2.68 bits per heavy atom. The minimum Gasteiger partial charge on any atom is -0.351 e. The topological polar surface area (TPSA) is 49.4 Å². The highest BCUT2D eigenvalue weighted by molar-refractivity contribution is 5.88. The molecule has 1 heterocycles. The van der Waals surface area contributed by atoms with Crippen LogP contribution >= 0.6 is 0 Å². The molecule has 0 aromatic carbocycles. The normalized spacial score (nSPS) is 19.1. The summed E-state index contributed by atoms with van der Waals surface area (Å²) in [6.45, 7) is 9.12. The Labute approximate surface area is 116 Å². The zero-order chi connectivity index (χ0) is 14.3. The van der Waals surface area contributed by atoms with Crippen molar-refractivity contribution in [2.24, 2.45) is 0 Å². The number of nitrogens with zero attached hydrogens (tertiary/aromatic N) is 1. The van der Waals surface area contributed by atoms with Gasteiger partial charge in [0.15, 0.2) is 0 Å². The molecule has 0 aliphatic carbocycles. The molecule has 4 heteroatoms. The number of amides is 2. The Balaban J connectivity index is 2.58. The van der Waals surface area contributed by atoms with Crippen LogP contribution in [0.2, 0.25) is 0 Å². The lowest BCUT2D eigenvalue weighted by Gasteiger charge is -2.34. The van der Waals surface area contributed by atoms with Crippen LogP contribution in [0.5, 0.6) is 0 Å². The number of rotatable bonds is 6. The van der Waals surface area contributed by atoms with Gasteiger partial charge in [0, 0.05) is 19.5 Å². The summed E-state index contributed by atoms with van der Waals surface area (Å²) in [5.74, 6) is 0.0791. The number of piperidine rings is 1. The van der Waals surface area contributed by atoms with E-state index in [0.717, 1.165) is 37.7 Å². The van der Waals surface area contributed by atoms with E-state index in [9.17, 15) is 9.59 Å². The number of carbonyl (C=O) groups is 2. The molecule has 19 heavy (non-hydrogen) atoms. The molecular weight excluding hydrogens is 240 g/mol. The van der Waals surface area contributed by atoms with Crippen molar-refractivity contribution in [2.45, 2.75) is 58.4 Å². The predicted molar refractivity (Wildman–Crippen MR) is 76.7 cm³/mol. The molecule has 1 fully saturated rings. The highest BCUT2D eigenvalue weighted by Gasteiger charge is 2.31. The van der Waals surface area contributed by atoms with Crippen molar-refractivity contribution in [1.29, 1.82) is 0 Å². The summed E-state index contributed by atoms with van der Waals surface area (Å²) in [5.41, 5.74) is 1.01. The van der Waals surface area contributed by atoms with Crippen LogP contribution in [-0.2, 0) is 9.59 Å². The maximum Gasteiger partial charge on any atom is 0.243 e. The van der Waals surface area contributed by atoms with E-state index in [4.69, 9.17) is 0 Å². The molecule has 0 saturated carbocycles. The van der Waals surface area contributed by atoms with Gasteiger partial charge in [-0.2, -0.15) is 0 Å². The van der Waals surface area contributed by atoms with Gasteiger partial charge in [-0.15, -0.1) is 0 Å². The van der Waals surface area contributed by atoms with Crippen molar-refractivity contribution in [3.63, 3.8) is 0 Å². The maximum absolute atomic E-state index is 12.2. The lowest BCUT2D eigenvalue weighted by Crippen LogP contribution is -2.52. The van der Waals surface area contributed by atoms with Gasteiger partial charge in [-0.25, -0.2) is 0 Å². The lowest BCUT2D eigenvalue weighted by atomic mass is 10.0. The summed E-state index contributed by atoms with van der Waals surface area (Å²) < 4.78 is 0. The quantitative estimate of drug-likeness (QED) is 0.750. The SMILES string of the molecule is C=C(CC)CNC(=O)[C@H]1CCCCN1C(=O)CCC. The van der Waals surface area contributed by atoms with Crippen molar-refractivity contribution < 1.29 is 9.59 Å². The van der Waals surface area contributed by atoms with Gasteiger partial charge in [0.25, 0.3) is 0 Å². The summed E-state index contributed by atoms with van der Waals surface area (Å²) in [6.07, 6.45) is 5.02. The summed E-state index contributed by atoms with van der Waals surface area (Å²) in [5, 5.41) is 2.90. The van der Waals surface area contributed by atoms with Gasteiger partial charge in [0.05, 0.1) is 0 Å². The minimum atomic E-state index is -0.280. The van der Waals surface area contributed by atoms with E-state index in [1.807, 2.05) is 13.8 Å². The Morgan fingerprint density at radius 1 is 1.32 bits per heavy atom. The van der Waals surface area contributed by atoms with Gasteiger partial charge < -0.3 is 10.2 Å². The Kier molecular flexibility index (Phi) is 6.60. The fraction of sp³-hybridized carbons (Fsp3) is 0.733. The van der Waals surface area contributed by atoms with E-state index in [-0.39, 0.29) is 17.9 Å². The van der Waals surface area contributed by atoms with Crippen molar-refractivity contribution in [2.75, 3.05) is 13.1 Å². The first-order chi connectivity index (χ1) is 9.10. The predicted octanol–water partition coefficient (Wildman–Crippen LogP) is 2.25. The molecule has 1 rings (SSSR count). The van der Waals surface area contributed by atoms with E-state index in [0.29, 0.717) is 19.5 Å². The molecule has 0 radical (unpaired) electrons. The van der Waals surface area contributed by atoms with Crippen molar-refractivity contribution in [1.82, 2.24) is 10.2 Å². The molecule has 2 amide bonds. The highest BCUT2D eigenvalue weighted by atomic mass is 16.2. The molecule has 0 spiro atoms. The molecule has 1 saturated heterocycles. The maximum atomic E-state index is 12.2. The summed E-state index contributed by atoms with van der Waals surface area (Å²) in [6, 6.07) is -0.280. The molecule has 4 nitrogen and oxygen atoms in total. The molecule has 0 bridgehead atoms. The standard InChI is InChI=1S/C15H26N2O2/c1-4-8-14(18)17-10-7-6-9-13(17)15(19)16-11-12(3)5-2/h13H,3-11H2,1-2H3,(H,16,19)/t13-/m1/s1. The van der Waals surface area contributed by atoms with Crippen LogP contribution in [0, 0.1) is 0 Å². The second-order valence-electron chi connectivity index (χ2n) is 5.17. The smallest absolute Gasteiger partial charge is 0.243 e. The van der Waals surface area contributed by atoms with Gasteiger partial charge >= 0.3 is 0 Å². The number of nitrogens with one attached hydrogen (secondary N) is 1. The van der Waals surface area contributed by atoms with Crippen LogP contribution in [0.3, 0.4) is 0 Å². The second-order valence-corrected chi connectivity index (χ2v) is 5.17. The molecule has 1 aliphatic heterocycles. The fourth-order valence-corrected chi connectivity index (χ4v) is 2.32. The van der Waals surface area contributed by atoms with Crippen LogP contribution in [0.1, 0.15) is 52.4 Å². The van der Waals surface area contributed by atoms with E-state index < -0.39 is 0 Å². The summed E-state index contributed by atoms with van der Waals surface area (Å²) in [4.78, 5) is 26.0. The third-order valence-electron chi connectivity index (χ3n) is 3.60. The number of carbonyl (C=O) groups excluding carboxylic acids is 2. The van der Waals surface area contributed by atoms with Crippen molar-refractivity contribution in [3.05, 3.63) is 12.2 Å². The fourth-order valence-electron chi connectivity index (χ4n) is 2.32. The first-order valence-electron chi connectivity index (χ1n) is 7.34. The van der Waals surface area contributed by atoms with Crippen LogP contribution in [0.25, 0.3) is 0 Å². The van der Waals surface area contributed by atoms with E-state index in [1.165, 1.54) is 0 Å². The average Bonchev–Trinajstić information content (AvgIpc) is 2.44. The Bertz CT molecular complexity index is 339. The van der Waals surface area contributed by atoms with Crippen LogP contribution in [0.15, 0.2) is 12.2 Å². The minimum absolute atomic E-state index is 0.0289. The number of likely N-dealkylation sites (tertiary alicyclic amines) is 1. The molecule has 0 unspecified atom stereocenters. The first kappa shape index (κ1) is 15.7. The zero-order valence-electron chi connectivity index (χ0n) is 12.2. The van der Waals surface area contributed by atoms with Crippen LogP contribution in [0.4, 0.5) is 0 Å². The monoisotopic (exact) mass is 266 g/mol. The average molecular weight is 266 g/mol. The number of hydrogen-bond acceptors (Lipinski definition) is 2. The van der Waals surface area contributed by atoms with E-state index in [2.05, 4.69) is 11.9 Å². The zero-order valence-corrected chi connectivity index (χ0v) is 12.2. The van der Waals surface area contributed by atoms with Crippen molar-refractivity contribution >= 4 is 11.8 Å². The largest absolute Gasteiger partial charge is 0.351 e. The molecule has 1 aliphatic rings.